The summed E-state index contributed by atoms with van der Waals surface area (Å²) in [6.45, 7) is 8.69. The normalized spacial score (nSPS) is 15.8. The van der Waals surface area contributed by atoms with E-state index in [0.717, 1.165) is 43.6 Å². The Kier molecular flexibility index (Phi) is 14.7. The second-order valence-corrected chi connectivity index (χ2v) is 7.36. The fourth-order valence-electron chi connectivity index (χ4n) is 3.34. The molecule has 8 heteroatoms. The number of rotatable bonds is 12. The van der Waals surface area contributed by atoms with Gasteiger partial charge in [0.2, 0.25) is 0 Å². The summed E-state index contributed by atoms with van der Waals surface area (Å²) in [5.74, 6) is 0.852. The maximum atomic E-state index is 6.24. The van der Waals surface area contributed by atoms with Gasteiger partial charge in [0, 0.05) is 31.8 Å². The number of benzene rings is 1. The molecule has 1 aliphatic rings. The van der Waals surface area contributed by atoms with E-state index in [-0.39, 0.29) is 30.0 Å². The van der Waals surface area contributed by atoms with E-state index in [0.29, 0.717) is 26.4 Å². The number of nitrogens with zero attached hydrogens (tertiary/aromatic N) is 2. The molecule has 1 atom stereocenters. The molecule has 2 N–H and O–H groups in total. The molecular formula is C21H36ClIN4O2. The minimum absolute atomic E-state index is 0. The Bertz CT molecular complexity index is 586. The number of hydrogen-bond donors (Lipinski definition) is 2. The van der Waals surface area contributed by atoms with Crippen LogP contribution in [0.4, 0.5) is 0 Å². The third-order valence-corrected chi connectivity index (χ3v) is 5.01. The van der Waals surface area contributed by atoms with Crippen molar-refractivity contribution in [3.63, 3.8) is 0 Å². The second kappa shape index (κ2) is 16.1. The van der Waals surface area contributed by atoms with Gasteiger partial charge in [0.15, 0.2) is 5.96 Å². The van der Waals surface area contributed by atoms with Gasteiger partial charge < -0.3 is 20.1 Å². The quantitative estimate of drug-likeness (QED) is 0.184. The fraction of sp³-hybridized carbons (Fsp3) is 0.667. The number of likely N-dealkylation sites (tertiary alicyclic amines) is 1. The number of guanidine groups is 1. The van der Waals surface area contributed by atoms with Gasteiger partial charge in [-0.05, 0) is 57.0 Å². The van der Waals surface area contributed by atoms with E-state index in [1.54, 1.807) is 7.11 Å². The monoisotopic (exact) mass is 538 g/mol. The van der Waals surface area contributed by atoms with Crippen LogP contribution in [0.15, 0.2) is 29.3 Å². The molecule has 0 aliphatic carbocycles. The van der Waals surface area contributed by atoms with Crippen molar-refractivity contribution in [3.05, 3.63) is 34.9 Å². The van der Waals surface area contributed by atoms with Gasteiger partial charge >= 0.3 is 0 Å². The van der Waals surface area contributed by atoms with Crippen LogP contribution in [0, 0.1) is 0 Å². The van der Waals surface area contributed by atoms with E-state index in [1.165, 1.54) is 18.4 Å². The van der Waals surface area contributed by atoms with Gasteiger partial charge in [-0.15, -0.1) is 24.0 Å². The van der Waals surface area contributed by atoms with Gasteiger partial charge in [0.1, 0.15) is 0 Å². The molecule has 0 bridgehead atoms. The van der Waals surface area contributed by atoms with Crippen LogP contribution >= 0.6 is 35.6 Å². The first-order chi connectivity index (χ1) is 13.7. The van der Waals surface area contributed by atoms with E-state index < -0.39 is 0 Å². The van der Waals surface area contributed by atoms with Crippen molar-refractivity contribution in [2.75, 3.05) is 59.7 Å². The SMILES string of the molecule is CCNC(=NCC(c1cccc(Cl)c1)N1CCCC1)NCCCOCCOC.I. The molecule has 0 aromatic heterocycles. The molecule has 1 aromatic carbocycles. The molecule has 1 saturated heterocycles. The Balaban J connectivity index is 0.00000420. The van der Waals surface area contributed by atoms with E-state index in [4.69, 9.17) is 26.1 Å². The molecule has 1 unspecified atom stereocenters. The third kappa shape index (κ3) is 10.3. The summed E-state index contributed by atoms with van der Waals surface area (Å²) in [6, 6.07) is 8.43. The topological polar surface area (TPSA) is 58.1 Å². The molecule has 0 spiro atoms. The van der Waals surface area contributed by atoms with Gasteiger partial charge in [0.25, 0.3) is 0 Å². The van der Waals surface area contributed by atoms with Crippen LogP contribution in [0.5, 0.6) is 0 Å². The second-order valence-electron chi connectivity index (χ2n) is 6.92. The molecule has 1 heterocycles. The highest BCUT2D eigenvalue weighted by atomic mass is 127. The van der Waals surface area contributed by atoms with Crippen molar-refractivity contribution in [1.82, 2.24) is 15.5 Å². The van der Waals surface area contributed by atoms with E-state index in [1.807, 2.05) is 12.1 Å². The maximum Gasteiger partial charge on any atom is 0.191 e. The predicted octanol–water partition coefficient (Wildman–Crippen LogP) is 3.70. The van der Waals surface area contributed by atoms with Crippen molar-refractivity contribution in [2.24, 2.45) is 4.99 Å². The van der Waals surface area contributed by atoms with Crippen LogP contribution in [0.2, 0.25) is 5.02 Å². The highest BCUT2D eigenvalue weighted by Crippen LogP contribution is 2.27. The first-order valence-corrected chi connectivity index (χ1v) is 10.7. The number of methoxy groups -OCH3 is 1. The lowest BCUT2D eigenvalue weighted by Crippen LogP contribution is -2.39. The van der Waals surface area contributed by atoms with Crippen LogP contribution in [-0.2, 0) is 9.47 Å². The van der Waals surface area contributed by atoms with Crippen LogP contribution in [0.25, 0.3) is 0 Å². The first-order valence-electron chi connectivity index (χ1n) is 10.3. The van der Waals surface area contributed by atoms with Gasteiger partial charge in [0.05, 0.1) is 25.8 Å². The Morgan fingerprint density at radius 2 is 2.00 bits per heavy atom. The summed E-state index contributed by atoms with van der Waals surface area (Å²) in [5, 5.41) is 7.52. The predicted molar refractivity (Wildman–Crippen MR) is 132 cm³/mol. The van der Waals surface area contributed by atoms with Crippen molar-refractivity contribution >= 4 is 41.5 Å². The van der Waals surface area contributed by atoms with Gasteiger partial charge in [-0.1, -0.05) is 23.7 Å². The molecule has 29 heavy (non-hydrogen) atoms. The fourth-order valence-corrected chi connectivity index (χ4v) is 3.54. The van der Waals surface area contributed by atoms with E-state index >= 15 is 0 Å². The largest absolute Gasteiger partial charge is 0.382 e. The van der Waals surface area contributed by atoms with Crippen molar-refractivity contribution in [3.8, 4) is 0 Å². The smallest absolute Gasteiger partial charge is 0.191 e. The summed E-state index contributed by atoms with van der Waals surface area (Å²) in [4.78, 5) is 7.38. The van der Waals surface area contributed by atoms with Crippen molar-refractivity contribution in [1.29, 1.82) is 0 Å². The molecule has 1 aromatic rings. The van der Waals surface area contributed by atoms with Crippen LogP contribution < -0.4 is 10.6 Å². The highest BCUT2D eigenvalue weighted by molar-refractivity contribution is 14.0. The molecule has 2 rings (SSSR count). The first kappa shape index (κ1) is 26.4. The van der Waals surface area contributed by atoms with Gasteiger partial charge in [-0.2, -0.15) is 0 Å². The van der Waals surface area contributed by atoms with E-state index in [2.05, 4.69) is 34.6 Å². The zero-order chi connectivity index (χ0) is 20.0. The highest BCUT2D eigenvalue weighted by Gasteiger charge is 2.23. The van der Waals surface area contributed by atoms with Crippen LogP contribution in [-0.4, -0.2) is 70.5 Å². The summed E-state index contributed by atoms with van der Waals surface area (Å²) < 4.78 is 10.5. The Hall–Kier alpha value is -0.610. The van der Waals surface area contributed by atoms with E-state index in [9.17, 15) is 0 Å². The molecule has 1 aliphatic heterocycles. The molecule has 0 saturated carbocycles. The summed E-state index contributed by atoms with van der Waals surface area (Å²) >= 11 is 6.24. The molecule has 166 valence electrons. The zero-order valence-electron chi connectivity index (χ0n) is 17.7. The number of aliphatic imine (C=N–C) groups is 1. The number of ether oxygens (including phenoxy) is 2. The average Bonchev–Trinajstić information content (AvgIpc) is 3.22. The standard InChI is InChI=1S/C21H35ClN4O2.HI/c1-3-23-21(24-10-7-13-28-15-14-27-2)25-17-20(26-11-4-5-12-26)18-8-6-9-19(22)16-18;/h6,8-9,16,20H,3-5,7,10-15,17H2,1-2H3,(H2,23,24,25);1H. The lowest BCUT2D eigenvalue weighted by molar-refractivity contribution is 0.0698. The summed E-state index contributed by atoms with van der Waals surface area (Å²) in [6.07, 6.45) is 3.43. The molecule has 6 nitrogen and oxygen atoms in total. The molecule has 0 radical (unpaired) electrons. The third-order valence-electron chi connectivity index (χ3n) is 4.77. The van der Waals surface area contributed by atoms with Crippen molar-refractivity contribution < 1.29 is 9.47 Å². The number of nitrogens with one attached hydrogen (secondary N) is 2. The lowest BCUT2D eigenvalue weighted by Gasteiger charge is -2.27. The summed E-state index contributed by atoms with van der Waals surface area (Å²) in [7, 11) is 1.68. The molecule has 1 fully saturated rings. The summed E-state index contributed by atoms with van der Waals surface area (Å²) in [5.41, 5.74) is 1.24. The Morgan fingerprint density at radius 3 is 2.69 bits per heavy atom. The number of halogens is 2. The number of hydrogen-bond acceptors (Lipinski definition) is 4. The molecular weight excluding hydrogens is 503 g/mol. The Morgan fingerprint density at radius 1 is 1.21 bits per heavy atom. The Labute approximate surface area is 197 Å². The average molecular weight is 539 g/mol. The van der Waals surface area contributed by atoms with Crippen LogP contribution in [0.1, 0.15) is 37.8 Å². The maximum absolute atomic E-state index is 6.24. The lowest BCUT2D eigenvalue weighted by atomic mass is 10.1. The van der Waals surface area contributed by atoms with Crippen molar-refractivity contribution in [2.45, 2.75) is 32.2 Å². The minimum Gasteiger partial charge on any atom is -0.382 e. The molecule has 0 amide bonds. The van der Waals surface area contributed by atoms with Gasteiger partial charge in [-0.25, -0.2) is 0 Å². The van der Waals surface area contributed by atoms with Gasteiger partial charge in [-0.3, -0.25) is 9.89 Å². The zero-order valence-corrected chi connectivity index (χ0v) is 20.7. The van der Waals surface area contributed by atoms with Crippen LogP contribution in [0.3, 0.4) is 0 Å². The minimum atomic E-state index is 0.